The summed E-state index contributed by atoms with van der Waals surface area (Å²) in [7, 11) is -3.67. The first-order valence-corrected chi connectivity index (χ1v) is 11.0. The number of rotatable bonds is 5. The van der Waals surface area contributed by atoms with Gasteiger partial charge in [-0.15, -0.1) is 0 Å². The van der Waals surface area contributed by atoms with Crippen LogP contribution in [0.4, 0.5) is 5.82 Å². The number of hydrogen-bond acceptors (Lipinski definition) is 5. The standard InChI is InChI=1S/C20H20ClN3O2S/c21-15-11-9-14(10-12-15)13-27(25,26)20-19(22-16-5-1-2-6-16)23-17-7-3-4-8-18(17)24-20/h3-4,7-12,16H,1-2,5-6,13H2,(H,22,23). The molecule has 3 aromatic rings. The molecule has 1 heterocycles. The van der Waals surface area contributed by atoms with Gasteiger partial charge in [0.2, 0.25) is 9.84 Å². The van der Waals surface area contributed by atoms with Crippen molar-refractivity contribution in [3.05, 3.63) is 59.1 Å². The van der Waals surface area contributed by atoms with Gasteiger partial charge in [-0.1, -0.05) is 48.7 Å². The number of halogens is 1. The van der Waals surface area contributed by atoms with E-state index in [2.05, 4.69) is 15.3 Å². The molecule has 1 aliphatic carbocycles. The largest absolute Gasteiger partial charge is 0.365 e. The van der Waals surface area contributed by atoms with Gasteiger partial charge >= 0.3 is 0 Å². The summed E-state index contributed by atoms with van der Waals surface area (Å²) in [6.45, 7) is 0. The fourth-order valence-corrected chi connectivity index (χ4v) is 4.96. The summed E-state index contributed by atoms with van der Waals surface area (Å²) >= 11 is 5.90. The average Bonchev–Trinajstić information content (AvgIpc) is 3.16. The van der Waals surface area contributed by atoms with Gasteiger partial charge in [0.05, 0.1) is 16.8 Å². The number of sulfone groups is 1. The van der Waals surface area contributed by atoms with E-state index in [0.29, 0.717) is 27.4 Å². The highest BCUT2D eigenvalue weighted by molar-refractivity contribution is 7.90. The van der Waals surface area contributed by atoms with Crippen molar-refractivity contribution in [1.82, 2.24) is 9.97 Å². The van der Waals surface area contributed by atoms with E-state index in [4.69, 9.17) is 11.6 Å². The summed E-state index contributed by atoms with van der Waals surface area (Å²) in [5.41, 5.74) is 1.92. The lowest BCUT2D eigenvalue weighted by atomic mass is 10.2. The lowest BCUT2D eigenvalue weighted by Gasteiger charge is -2.16. The molecule has 0 spiro atoms. The maximum absolute atomic E-state index is 13.1. The minimum absolute atomic E-state index is 0.0167. The van der Waals surface area contributed by atoms with Crippen LogP contribution in [0.3, 0.4) is 0 Å². The summed E-state index contributed by atoms with van der Waals surface area (Å²) in [4.78, 5) is 9.05. The third-order valence-corrected chi connectivity index (χ3v) is 6.64. The maximum Gasteiger partial charge on any atom is 0.203 e. The molecule has 7 heteroatoms. The van der Waals surface area contributed by atoms with Gasteiger partial charge in [-0.3, -0.25) is 0 Å². The second-order valence-corrected chi connectivity index (χ2v) is 9.22. The number of nitrogens with zero attached hydrogens (tertiary/aromatic N) is 2. The molecule has 0 atom stereocenters. The smallest absolute Gasteiger partial charge is 0.203 e. The minimum atomic E-state index is -3.67. The van der Waals surface area contributed by atoms with Crippen LogP contribution < -0.4 is 5.32 Å². The summed E-state index contributed by atoms with van der Waals surface area (Å²) in [5, 5.41) is 3.92. The Morgan fingerprint density at radius 3 is 2.26 bits per heavy atom. The van der Waals surface area contributed by atoms with E-state index in [1.165, 1.54) is 0 Å². The fourth-order valence-electron chi connectivity index (χ4n) is 3.43. The van der Waals surface area contributed by atoms with E-state index < -0.39 is 9.84 Å². The molecule has 1 fully saturated rings. The van der Waals surface area contributed by atoms with Crippen molar-refractivity contribution in [2.24, 2.45) is 0 Å². The monoisotopic (exact) mass is 401 g/mol. The van der Waals surface area contributed by atoms with E-state index in [0.717, 1.165) is 25.7 Å². The number of anilines is 1. The van der Waals surface area contributed by atoms with Gasteiger partial charge in [-0.25, -0.2) is 18.4 Å². The van der Waals surface area contributed by atoms with Gasteiger partial charge in [-0.2, -0.15) is 0 Å². The number of fused-ring (bicyclic) bond motifs is 1. The zero-order valence-electron chi connectivity index (χ0n) is 14.7. The quantitative estimate of drug-likeness (QED) is 0.675. The first kappa shape index (κ1) is 18.2. The van der Waals surface area contributed by atoms with Crippen molar-refractivity contribution >= 4 is 38.3 Å². The van der Waals surface area contributed by atoms with E-state index in [-0.39, 0.29) is 16.8 Å². The van der Waals surface area contributed by atoms with Crippen LogP contribution in [-0.4, -0.2) is 24.4 Å². The molecule has 4 rings (SSSR count). The second-order valence-electron chi connectivity index (χ2n) is 6.88. The Morgan fingerprint density at radius 1 is 0.963 bits per heavy atom. The third kappa shape index (κ3) is 4.06. The molecule has 0 aliphatic heterocycles. The van der Waals surface area contributed by atoms with E-state index in [1.807, 2.05) is 18.2 Å². The molecule has 2 aromatic carbocycles. The fraction of sp³-hybridized carbons (Fsp3) is 0.300. The Kier molecular flexibility index (Phi) is 5.02. The Morgan fingerprint density at radius 2 is 1.59 bits per heavy atom. The molecule has 27 heavy (non-hydrogen) atoms. The number of nitrogens with one attached hydrogen (secondary N) is 1. The zero-order valence-corrected chi connectivity index (χ0v) is 16.3. The molecular weight excluding hydrogens is 382 g/mol. The summed E-state index contributed by atoms with van der Waals surface area (Å²) in [5.74, 6) is 0.214. The zero-order chi connectivity index (χ0) is 18.9. The first-order chi connectivity index (χ1) is 13.0. The van der Waals surface area contributed by atoms with Crippen LogP contribution in [0.5, 0.6) is 0 Å². The molecule has 1 aromatic heterocycles. The van der Waals surface area contributed by atoms with Crippen LogP contribution in [0.25, 0.3) is 11.0 Å². The second kappa shape index (κ2) is 7.44. The summed E-state index contributed by atoms with van der Waals surface area (Å²) in [6, 6.07) is 14.4. The Hall–Kier alpha value is -2.18. The summed E-state index contributed by atoms with van der Waals surface area (Å²) < 4.78 is 26.3. The first-order valence-electron chi connectivity index (χ1n) is 9.02. The van der Waals surface area contributed by atoms with Crippen molar-refractivity contribution in [3.8, 4) is 0 Å². The van der Waals surface area contributed by atoms with E-state index in [9.17, 15) is 8.42 Å². The van der Waals surface area contributed by atoms with E-state index >= 15 is 0 Å². The van der Waals surface area contributed by atoms with Crippen LogP contribution in [0.1, 0.15) is 31.2 Å². The van der Waals surface area contributed by atoms with Gasteiger partial charge in [0.15, 0.2) is 10.8 Å². The molecule has 0 radical (unpaired) electrons. The molecule has 0 amide bonds. The lowest BCUT2D eigenvalue weighted by molar-refractivity contribution is 0.591. The van der Waals surface area contributed by atoms with Crippen LogP contribution >= 0.6 is 11.6 Å². The van der Waals surface area contributed by atoms with Crippen molar-refractivity contribution in [2.45, 2.75) is 42.5 Å². The van der Waals surface area contributed by atoms with Crippen molar-refractivity contribution in [1.29, 1.82) is 0 Å². The van der Waals surface area contributed by atoms with Crippen LogP contribution in [-0.2, 0) is 15.6 Å². The molecule has 0 unspecified atom stereocenters. The molecular formula is C20H20ClN3O2S. The number of benzene rings is 2. The topological polar surface area (TPSA) is 72.0 Å². The molecule has 1 saturated carbocycles. The van der Waals surface area contributed by atoms with Crippen molar-refractivity contribution in [3.63, 3.8) is 0 Å². The van der Waals surface area contributed by atoms with Gasteiger partial charge in [0.1, 0.15) is 0 Å². The molecule has 0 bridgehead atoms. The van der Waals surface area contributed by atoms with Crippen LogP contribution in [0.2, 0.25) is 5.02 Å². The average molecular weight is 402 g/mol. The highest BCUT2D eigenvalue weighted by Gasteiger charge is 2.26. The predicted molar refractivity (Wildman–Crippen MR) is 108 cm³/mol. The van der Waals surface area contributed by atoms with Crippen molar-refractivity contribution < 1.29 is 8.42 Å². The number of aromatic nitrogens is 2. The maximum atomic E-state index is 13.1. The van der Waals surface area contributed by atoms with Gasteiger partial charge in [0.25, 0.3) is 0 Å². The molecule has 140 valence electrons. The minimum Gasteiger partial charge on any atom is -0.365 e. The molecule has 5 nitrogen and oxygen atoms in total. The summed E-state index contributed by atoms with van der Waals surface area (Å²) in [6.07, 6.45) is 4.33. The van der Waals surface area contributed by atoms with Gasteiger partial charge < -0.3 is 5.32 Å². The number of para-hydroxylation sites is 2. The Bertz CT molecular complexity index is 1060. The third-order valence-electron chi connectivity index (χ3n) is 4.80. The van der Waals surface area contributed by atoms with Crippen molar-refractivity contribution in [2.75, 3.05) is 5.32 Å². The predicted octanol–water partition coefficient (Wildman–Crippen LogP) is 4.61. The Labute approximate surface area is 163 Å². The van der Waals surface area contributed by atoms with Crippen LogP contribution in [0.15, 0.2) is 53.6 Å². The SMILES string of the molecule is O=S(=O)(Cc1ccc(Cl)cc1)c1nc2ccccc2nc1NC1CCCC1. The lowest BCUT2D eigenvalue weighted by Crippen LogP contribution is -2.20. The normalized spacial score (nSPS) is 15.3. The van der Waals surface area contributed by atoms with E-state index in [1.54, 1.807) is 30.3 Å². The number of hydrogen-bond donors (Lipinski definition) is 1. The molecule has 1 aliphatic rings. The van der Waals surface area contributed by atoms with Crippen LogP contribution in [0, 0.1) is 0 Å². The Balaban J connectivity index is 1.76. The van der Waals surface area contributed by atoms with Gasteiger partial charge in [0, 0.05) is 11.1 Å². The molecule has 1 N–H and O–H groups in total. The van der Waals surface area contributed by atoms with Gasteiger partial charge in [-0.05, 0) is 42.7 Å². The highest BCUT2D eigenvalue weighted by atomic mass is 35.5. The highest BCUT2D eigenvalue weighted by Crippen LogP contribution is 2.28. The molecule has 0 saturated heterocycles.